The molecule has 0 atom stereocenters. The first kappa shape index (κ1) is 16.3. The van der Waals surface area contributed by atoms with E-state index in [1.165, 1.54) is 22.3 Å². The van der Waals surface area contributed by atoms with Gasteiger partial charge in [-0.3, -0.25) is 0 Å². The Morgan fingerprint density at radius 3 is 2.21 bits per heavy atom. The Kier molecular flexibility index (Phi) is 5.65. The average Bonchev–Trinajstić information content (AvgIpc) is 2.63. The average molecular weight is 317 g/mol. The van der Waals surface area contributed by atoms with Gasteiger partial charge in [-0.2, -0.15) is 0 Å². The van der Waals surface area contributed by atoms with E-state index in [4.69, 9.17) is 4.74 Å². The maximum absolute atomic E-state index is 5.88. The van der Waals surface area contributed by atoms with Gasteiger partial charge in [0.2, 0.25) is 0 Å². The fourth-order valence-electron chi connectivity index (χ4n) is 2.54. The first-order valence-corrected chi connectivity index (χ1v) is 8.31. The second-order valence-corrected chi connectivity index (χ2v) is 6.01. The van der Waals surface area contributed by atoms with Crippen LogP contribution in [0.2, 0.25) is 0 Å². The van der Waals surface area contributed by atoms with Crippen molar-refractivity contribution in [3.05, 3.63) is 101 Å². The minimum absolute atomic E-state index is 0.598. The van der Waals surface area contributed by atoms with Gasteiger partial charge in [0.1, 0.15) is 12.4 Å². The van der Waals surface area contributed by atoms with Crippen molar-refractivity contribution in [3.63, 3.8) is 0 Å². The Labute approximate surface area is 144 Å². The molecule has 2 nitrogen and oxygen atoms in total. The quantitative estimate of drug-likeness (QED) is 0.671. The lowest BCUT2D eigenvalue weighted by molar-refractivity contribution is 0.306. The Morgan fingerprint density at radius 1 is 0.708 bits per heavy atom. The number of rotatable bonds is 7. The molecular weight excluding hydrogens is 294 g/mol. The minimum Gasteiger partial charge on any atom is -0.489 e. The fourth-order valence-corrected chi connectivity index (χ4v) is 2.54. The van der Waals surface area contributed by atoms with E-state index in [1.54, 1.807) is 0 Å². The lowest BCUT2D eigenvalue weighted by Crippen LogP contribution is -2.12. The summed E-state index contributed by atoms with van der Waals surface area (Å²) in [5.74, 6) is 0.911. The Morgan fingerprint density at radius 2 is 1.42 bits per heavy atom. The van der Waals surface area contributed by atoms with Crippen molar-refractivity contribution in [2.24, 2.45) is 0 Å². The number of hydrogen-bond donors (Lipinski definition) is 1. The summed E-state index contributed by atoms with van der Waals surface area (Å²) in [4.78, 5) is 0. The van der Waals surface area contributed by atoms with Crippen molar-refractivity contribution in [1.82, 2.24) is 5.32 Å². The standard InChI is InChI=1S/C22H23NO/c1-18-10-12-19(13-11-18)15-23-16-21-8-5-9-22(14-21)24-17-20-6-3-2-4-7-20/h2-14,23H,15-17H2,1H3. The highest BCUT2D eigenvalue weighted by molar-refractivity contribution is 5.29. The second-order valence-electron chi connectivity index (χ2n) is 6.01. The van der Waals surface area contributed by atoms with Gasteiger partial charge in [0, 0.05) is 13.1 Å². The van der Waals surface area contributed by atoms with Crippen LogP contribution in [-0.4, -0.2) is 0 Å². The maximum Gasteiger partial charge on any atom is 0.120 e. The van der Waals surface area contributed by atoms with E-state index in [9.17, 15) is 0 Å². The van der Waals surface area contributed by atoms with Crippen LogP contribution in [0.1, 0.15) is 22.3 Å². The molecule has 0 saturated heterocycles. The van der Waals surface area contributed by atoms with Crippen molar-refractivity contribution in [3.8, 4) is 5.75 Å². The van der Waals surface area contributed by atoms with Gasteiger partial charge in [-0.1, -0.05) is 72.3 Å². The van der Waals surface area contributed by atoms with Crippen LogP contribution in [0.15, 0.2) is 78.9 Å². The first-order valence-electron chi connectivity index (χ1n) is 8.31. The minimum atomic E-state index is 0.598. The molecule has 24 heavy (non-hydrogen) atoms. The molecule has 3 aromatic carbocycles. The molecule has 2 heteroatoms. The summed E-state index contributed by atoms with van der Waals surface area (Å²) < 4.78 is 5.88. The molecule has 0 aliphatic carbocycles. The summed E-state index contributed by atoms with van der Waals surface area (Å²) >= 11 is 0. The molecule has 3 rings (SSSR count). The van der Waals surface area contributed by atoms with Crippen molar-refractivity contribution in [1.29, 1.82) is 0 Å². The number of ether oxygens (including phenoxy) is 1. The summed E-state index contributed by atoms with van der Waals surface area (Å²) in [5.41, 5.74) is 5.01. The molecule has 0 unspecified atom stereocenters. The van der Waals surface area contributed by atoms with Gasteiger partial charge < -0.3 is 10.1 Å². The van der Waals surface area contributed by atoms with Crippen LogP contribution in [0.3, 0.4) is 0 Å². The van der Waals surface area contributed by atoms with Crippen LogP contribution in [0.4, 0.5) is 0 Å². The maximum atomic E-state index is 5.88. The van der Waals surface area contributed by atoms with E-state index in [2.05, 4.69) is 60.8 Å². The second kappa shape index (κ2) is 8.32. The SMILES string of the molecule is Cc1ccc(CNCc2cccc(OCc3ccccc3)c2)cc1. The Balaban J connectivity index is 1.50. The Bertz CT molecular complexity index is 750. The van der Waals surface area contributed by atoms with Crippen LogP contribution < -0.4 is 10.1 Å². The molecule has 0 fully saturated rings. The smallest absolute Gasteiger partial charge is 0.120 e. The zero-order chi connectivity index (χ0) is 16.6. The molecule has 122 valence electrons. The predicted octanol–water partition coefficient (Wildman–Crippen LogP) is 4.86. The summed E-state index contributed by atoms with van der Waals surface area (Å²) in [6.07, 6.45) is 0. The molecule has 0 radical (unpaired) electrons. The zero-order valence-electron chi connectivity index (χ0n) is 14.0. The molecule has 0 amide bonds. The topological polar surface area (TPSA) is 21.3 Å². The van der Waals surface area contributed by atoms with Crippen LogP contribution in [-0.2, 0) is 19.7 Å². The largest absolute Gasteiger partial charge is 0.489 e. The van der Waals surface area contributed by atoms with Gasteiger partial charge >= 0.3 is 0 Å². The number of aryl methyl sites for hydroxylation is 1. The summed E-state index contributed by atoms with van der Waals surface area (Å²) in [6, 6.07) is 27.1. The molecule has 1 N–H and O–H groups in total. The molecule has 0 heterocycles. The van der Waals surface area contributed by atoms with Crippen molar-refractivity contribution in [2.75, 3.05) is 0 Å². The Hall–Kier alpha value is -2.58. The van der Waals surface area contributed by atoms with Gasteiger partial charge in [-0.05, 0) is 35.7 Å². The van der Waals surface area contributed by atoms with E-state index in [-0.39, 0.29) is 0 Å². The third-order valence-electron chi connectivity index (χ3n) is 3.93. The van der Waals surface area contributed by atoms with Crippen molar-refractivity contribution >= 4 is 0 Å². The van der Waals surface area contributed by atoms with E-state index in [0.717, 1.165) is 18.8 Å². The highest BCUT2D eigenvalue weighted by Gasteiger charge is 1.99. The molecule has 0 bridgehead atoms. The van der Waals surface area contributed by atoms with Crippen molar-refractivity contribution in [2.45, 2.75) is 26.6 Å². The number of benzene rings is 3. The monoisotopic (exact) mass is 317 g/mol. The normalized spacial score (nSPS) is 10.5. The number of nitrogens with one attached hydrogen (secondary N) is 1. The molecule has 3 aromatic rings. The summed E-state index contributed by atoms with van der Waals surface area (Å²) in [7, 11) is 0. The lowest BCUT2D eigenvalue weighted by Gasteiger charge is -2.09. The van der Waals surface area contributed by atoms with Crippen LogP contribution >= 0.6 is 0 Å². The third kappa shape index (κ3) is 4.97. The first-order chi connectivity index (χ1) is 11.8. The highest BCUT2D eigenvalue weighted by Crippen LogP contribution is 2.15. The fraction of sp³-hybridized carbons (Fsp3) is 0.182. The molecule has 0 aliphatic heterocycles. The molecule has 0 spiro atoms. The lowest BCUT2D eigenvalue weighted by atomic mass is 10.1. The van der Waals surface area contributed by atoms with Crippen LogP contribution in [0.25, 0.3) is 0 Å². The van der Waals surface area contributed by atoms with Gasteiger partial charge in [0.05, 0.1) is 0 Å². The van der Waals surface area contributed by atoms with Crippen molar-refractivity contribution < 1.29 is 4.74 Å². The van der Waals surface area contributed by atoms with Gasteiger partial charge in [0.15, 0.2) is 0 Å². The van der Waals surface area contributed by atoms with Gasteiger partial charge in [-0.25, -0.2) is 0 Å². The van der Waals surface area contributed by atoms with E-state index < -0.39 is 0 Å². The van der Waals surface area contributed by atoms with E-state index >= 15 is 0 Å². The van der Waals surface area contributed by atoms with E-state index in [0.29, 0.717) is 6.61 Å². The number of hydrogen-bond acceptors (Lipinski definition) is 2. The van der Waals surface area contributed by atoms with Gasteiger partial charge in [-0.15, -0.1) is 0 Å². The van der Waals surface area contributed by atoms with E-state index in [1.807, 2.05) is 30.3 Å². The summed E-state index contributed by atoms with van der Waals surface area (Å²) in [5, 5.41) is 3.48. The highest BCUT2D eigenvalue weighted by atomic mass is 16.5. The summed E-state index contributed by atoms with van der Waals surface area (Å²) in [6.45, 7) is 4.41. The van der Waals surface area contributed by atoms with Crippen LogP contribution in [0, 0.1) is 6.92 Å². The molecule has 0 aromatic heterocycles. The molecule has 0 saturated carbocycles. The predicted molar refractivity (Wildman–Crippen MR) is 98.9 cm³/mol. The third-order valence-corrected chi connectivity index (χ3v) is 3.93. The molecule has 0 aliphatic rings. The zero-order valence-corrected chi connectivity index (χ0v) is 14.0. The van der Waals surface area contributed by atoms with Gasteiger partial charge in [0.25, 0.3) is 0 Å². The van der Waals surface area contributed by atoms with Crippen LogP contribution in [0.5, 0.6) is 5.75 Å². The molecular formula is C22H23NO.